The van der Waals surface area contributed by atoms with Crippen LogP contribution in [0.3, 0.4) is 0 Å². The van der Waals surface area contributed by atoms with Crippen LogP contribution in [-0.4, -0.2) is 31.6 Å². The summed E-state index contributed by atoms with van der Waals surface area (Å²) in [5.41, 5.74) is 2.31. The minimum atomic E-state index is -3.79. The van der Waals surface area contributed by atoms with Crippen LogP contribution in [0.5, 0.6) is 0 Å². The quantitative estimate of drug-likeness (QED) is 0.317. The SMILES string of the molecule is CC(C)(C)c1ccc(S(=O)(=O)Nc2ccc(NC(=O)N[C@H](Cc3ccc(Cl)cc3)C(=O)O)cc2)cc1. The van der Waals surface area contributed by atoms with Gasteiger partial charge < -0.3 is 15.7 Å². The first-order chi connectivity index (χ1) is 16.8. The molecule has 3 rings (SSSR count). The lowest BCUT2D eigenvalue weighted by Gasteiger charge is -2.19. The molecule has 36 heavy (non-hydrogen) atoms. The molecule has 0 saturated heterocycles. The zero-order valence-electron chi connectivity index (χ0n) is 20.1. The molecule has 2 amide bonds. The molecule has 190 valence electrons. The van der Waals surface area contributed by atoms with Gasteiger partial charge >= 0.3 is 12.0 Å². The molecule has 0 aliphatic carbocycles. The third-order valence-electron chi connectivity index (χ3n) is 5.38. The van der Waals surface area contributed by atoms with Gasteiger partial charge in [0.05, 0.1) is 4.90 Å². The second-order valence-corrected chi connectivity index (χ2v) is 11.4. The number of carbonyl (C=O) groups is 2. The Morgan fingerprint density at radius 3 is 1.97 bits per heavy atom. The first-order valence-electron chi connectivity index (χ1n) is 11.1. The number of urea groups is 1. The Bertz CT molecular complexity index is 1320. The van der Waals surface area contributed by atoms with Crippen molar-refractivity contribution in [3.8, 4) is 0 Å². The van der Waals surface area contributed by atoms with Crippen LogP contribution in [-0.2, 0) is 26.7 Å². The number of aliphatic carboxylic acids is 1. The molecular formula is C26H28ClN3O5S. The molecule has 10 heteroatoms. The van der Waals surface area contributed by atoms with Crippen molar-refractivity contribution in [2.24, 2.45) is 0 Å². The zero-order chi connectivity index (χ0) is 26.5. The molecule has 0 saturated carbocycles. The van der Waals surface area contributed by atoms with E-state index in [4.69, 9.17) is 11.6 Å². The van der Waals surface area contributed by atoms with Crippen LogP contribution in [0, 0.1) is 0 Å². The van der Waals surface area contributed by atoms with Crippen molar-refractivity contribution < 1.29 is 23.1 Å². The highest BCUT2D eigenvalue weighted by Gasteiger charge is 2.21. The summed E-state index contributed by atoms with van der Waals surface area (Å²) in [4.78, 5) is 24.1. The van der Waals surface area contributed by atoms with Gasteiger partial charge in [0.2, 0.25) is 0 Å². The topological polar surface area (TPSA) is 125 Å². The van der Waals surface area contributed by atoms with Crippen molar-refractivity contribution in [2.75, 3.05) is 10.0 Å². The molecule has 0 radical (unpaired) electrons. The minimum absolute atomic E-state index is 0.0807. The molecular weight excluding hydrogens is 502 g/mol. The molecule has 0 unspecified atom stereocenters. The fourth-order valence-corrected chi connectivity index (χ4v) is 4.54. The predicted octanol–water partition coefficient (Wildman–Crippen LogP) is 5.26. The Kier molecular flexibility index (Phi) is 8.27. The highest BCUT2D eigenvalue weighted by Crippen LogP contribution is 2.24. The van der Waals surface area contributed by atoms with Crippen molar-refractivity contribution >= 4 is 45.0 Å². The summed E-state index contributed by atoms with van der Waals surface area (Å²) in [6.07, 6.45) is 0.0807. The van der Waals surface area contributed by atoms with E-state index in [9.17, 15) is 23.1 Å². The average molecular weight is 530 g/mol. The number of amides is 2. The lowest BCUT2D eigenvalue weighted by Crippen LogP contribution is -2.44. The first kappa shape index (κ1) is 27.0. The van der Waals surface area contributed by atoms with Crippen molar-refractivity contribution in [3.63, 3.8) is 0 Å². The maximum atomic E-state index is 12.7. The summed E-state index contributed by atoms with van der Waals surface area (Å²) in [5.74, 6) is -1.18. The van der Waals surface area contributed by atoms with Gasteiger partial charge in [-0.1, -0.05) is 56.6 Å². The van der Waals surface area contributed by atoms with Crippen LogP contribution in [0.2, 0.25) is 5.02 Å². The van der Waals surface area contributed by atoms with Gasteiger partial charge in [-0.15, -0.1) is 0 Å². The number of sulfonamides is 1. The van der Waals surface area contributed by atoms with Crippen LogP contribution in [0.4, 0.5) is 16.2 Å². The predicted molar refractivity (Wildman–Crippen MR) is 141 cm³/mol. The van der Waals surface area contributed by atoms with Gasteiger partial charge in [-0.05, 0) is 65.1 Å². The van der Waals surface area contributed by atoms with Crippen LogP contribution in [0.1, 0.15) is 31.9 Å². The van der Waals surface area contributed by atoms with Crippen LogP contribution >= 0.6 is 11.6 Å². The molecule has 3 aromatic carbocycles. The second kappa shape index (κ2) is 11.0. The monoisotopic (exact) mass is 529 g/mol. The lowest BCUT2D eigenvalue weighted by atomic mass is 9.87. The van der Waals surface area contributed by atoms with Gasteiger partial charge in [0, 0.05) is 22.8 Å². The van der Waals surface area contributed by atoms with E-state index in [2.05, 4.69) is 15.4 Å². The highest BCUT2D eigenvalue weighted by molar-refractivity contribution is 7.92. The van der Waals surface area contributed by atoms with Gasteiger partial charge in [0.25, 0.3) is 10.0 Å². The maximum absolute atomic E-state index is 12.7. The highest BCUT2D eigenvalue weighted by atomic mass is 35.5. The van der Waals surface area contributed by atoms with E-state index < -0.39 is 28.1 Å². The molecule has 0 spiro atoms. The summed E-state index contributed by atoms with van der Waals surface area (Å²) in [6, 6.07) is 17.5. The van der Waals surface area contributed by atoms with Gasteiger partial charge in [-0.2, -0.15) is 0 Å². The van der Waals surface area contributed by atoms with Crippen LogP contribution in [0.25, 0.3) is 0 Å². The standard InChI is InChI=1S/C26H28ClN3O5S/c1-26(2,3)18-6-14-22(15-7-18)36(34,35)30-21-12-10-20(11-13-21)28-25(33)29-23(24(31)32)16-17-4-8-19(27)9-5-17/h4-15,23,30H,16H2,1-3H3,(H,31,32)(H2,28,29,33)/t23-/m1/s1. The summed E-state index contributed by atoms with van der Waals surface area (Å²) in [5, 5.41) is 15.0. The fourth-order valence-electron chi connectivity index (χ4n) is 3.35. The van der Waals surface area contributed by atoms with Crippen LogP contribution < -0.4 is 15.4 Å². The van der Waals surface area contributed by atoms with E-state index in [1.165, 1.54) is 24.3 Å². The number of anilines is 2. The zero-order valence-corrected chi connectivity index (χ0v) is 21.7. The number of carboxylic acid groups (broad SMARTS) is 1. The number of nitrogens with one attached hydrogen (secondary N) is 3. The number of carboxylic acids is 1. The van der Waals surface area contributed by atoms with E-state index in [0.29, 0.717) is 22.0 Å². The summed E-state index contributed by atoms with van der Waals surface area (Å²) >= 11 is 5.85. The molecule has 0 aliphatic heterocycles. The van der Waals surface area contributed by atoms with E-state index in [-0.39, 0.29) is 16.7 Å². The van der Waals surface area contributed by atoms with Gasteiger partial charge in [-0.3, -0.25) is 4.72 Å². The van der Waals surface area contributed by atoms with Crippen molar-refractivity contribution in [1.29, 1.82) is 0 Å². The van der Waals surface area contributed by atoms with Crippen molar-refractivity contribution in [2.45, 2.75) is 43.5 Å². The smallest absolute Gasteiger partial charge is 0.326 e. The van der Waals surface area contributed by atoms with Gasteiger partial charge in [0.15, 0.2) is 0 Å². The van der Waals surface area contributed by atoms with Gasteiger partial charge in [-0.25, -0.2) is 18.0 Å². The largest absolute Gasteiger partial charge is 0.480 e. The van der Waals surface area contributed by atoms with Gasteiger partial charge in [0.1, 0.15) is 6.04 Å². The minimum Gasteiger partial charge on any atom is -0.480 e. The molecule has 0 heterocycles. The number of halogens is 1. The Morgan fingerprint density at radius 1 is 0.889 bits per heavy atom. The number of hydrogen-bond donors (Lipinski definition) is 4. The summed E-state index contributed by atoms with van der Waals surface area (Å²) < 4.78 is 28.0. The Labute approximate surface area is 215 Å². The van der Waals surface area contributed by atoms with Crippen molar-refractivity contribution in [3.05, 3.63) is 88.9 Å². The third kappa shape index (κ3) is 7.47. The van der Waals surface area contributed by atoms with E-state index in [1.807, 2.05) is 20.8 Å². The number of benzene rings is 3. The molecule has 4 N–H and O–H groups in total. The van der Waals surface area contributed by atoms with E-state index in [0.717, 1.165) is 5.56 Å². The Balaban J connectivity index is 1.60. The molecule has 0 aliphatic rings. The van der Waals surface area contributed by atoms with Crippen molar-refractivity contribution in [1.82, 2.24) is 5.32 Å². The second-order valence-electron chi connectivity index (χ2n) is 9.28. The Morgan fingerprint density at radius 2 is 1.44 bits per heavy atom. The summed E-state index contributed by atoms with van der Waals surface area (Å²) in [7, 11) is -3.79. The lowest BCUT2D eigenvalue weighted by molar-refractivity contribution is -0.139. The Hall–Kier alpha value is -3.56. The molecule has 3 aromatic rings. The molecule has 0 bridgehead atoms. The molecule has 1 atom stereocenters. The number of rotatable bonds is 8. The fraction of sp³-hybridized carbons (Fsp3) is 0.231. The van der Waals surface area contributed by atoms with E-state index >= 15 is 0 Å². The molecule has 8 nitrogen and oxygen atoms in total. The van der Waals surface area contributed by atoms with Crippen LogP contribution in [0.15, 0.2) is 77.7 Å². The van der Waals surface area contributed by atoms with E-state index in [1.54, 1.807) is 48.5 Å². The molecule has 0 fully saturated rings. The third-order valence-corrected chi connectivity index (χ3v) is 7.03. The number of carbonyl (C=O) groups excluding carboxylic acids is 1. The maximum Gasteiger partial charge on any atom is 0.326 e. The number of hydrogen-bond acceptors (Lipinski definition) is 4. The average Bonchev–Trinajstić information content (AvgIpc) is 2.80. The first-order valence-corrected chi connectivity index (χ1v) is 13.0. The normalized spacial score (nSPS) is 12.4. The summed E-state index contributed by atoms with van der Waals surface area (Å²) in [6.45, 7) is 6.14. The molecule has 0 aromatic heterocycles.